The van der Waals surface area contributed by atoms with E-state index in [0.29, 0.717) is 0 Å². The Morgan fingerprint density at radius 1 is 1.14 bits per heavy atom. The van der Waals surface area contributed by atoms with Crippen molar-refractivity contribution in [3.63, 3.8) is 0 Å². The van der Waals surface area contributed by atoms with Crippen molar-refractivity contribution in [2.24, 2.45) is 0 Å². The monoisotopic (exact) mass is 249 g/mol. The first-order valence-electron chi connectivity index (χ1n) is 4.16. The fourth-order valence-corrected chi connectivity index (χ4v) is 1.50. The van der Waals surface area contributed by atoms with Crippen LogP contribution in [-0.2, 0) is 0 Å². The summed E-state index contributed by atoms with van der Waals surface area (Å²) in [6.07, 6.45) is 3.32. The van der Waals surface area contributed by atoms with Gasteiger partial charge < -0.3 is 0 Å². The molecule has 0 aliphatic carbocycles. The third-order valence-electron chi connectivity index (χ3n) is 1.83. The summed E-state index contributed by atoms with van der Waals surface area (Å²) in [4.78, 5) is 12.3. The highest BCUT2D eigenvalue weighted by Crippen LogP contribution is 2.18. The highest BCUT2D eigenvalue weighted by atomic mass is 79.9. The summed E-state index contributed by atoms with van der Waals surface area (Å²) in [5.41, 5.74) is 2.94. The maximum absolute atomic E-state index is 4.18. The molecule has 2 aromatic rings. The Morgan fingerprint density at radius 2 is 2.00 bits per heavy atom. The van der Waals surface area contributed by atoms with Crippen LogP contribution in [-0.4, -0.2) is 15.0 Å². The predicted octanol–water partition coefficient (Wildman–Crippen LogP) is 2.61. The molecule has 4 heteroatoms. The zero-order chi connectivity index (χ0) is 9.97. The second kappa shape index (κ2) is 3.84. The van der Waals surface area contributed by atoms with Gasteiger partial charge in [-0.15, -0.1) is 0 Å². The zero-order valence-electron chi connectivity index (χ0n) is 7.61. The van der Waals surface area contributed by atoms with E-state index >= 15 is 0 Å². The molecule has 14 heavy (non-hydrogen) atoms. The SMILES string of the molecule is Cc1cc(-c2cc(Br)ncn2)ccn1. The lowest BCUT2D eigenvalue weighted by Gasteiger charge is -2.00. The van der Waals surface area contributed by atoms with Crippen LogP contribution in [0.2, 0.25) is 0 Å². The highest BCUT2D eigenvalue weighted by molar-refractivity contribution is 9.10. The van der Waals surface area contributed by atoms with E-state index < -0.39 is 0 Å². The van der Waals surface area contributed by atoms with Crippen LogP contribution in [0.4, 0.5) is 0 Å². The minimum Gasteiger partial charge on any atom is -0.262 e. The third kappa shape index (κ3) is 1.96. The third-order valence-corrected chi connectivity index (χ3v) is 2.26. The summed E-state index contributed by atoms with van der Waals surface area (Å²) in [6.45, 7) is 1.96. The summed E-state index contributed by atoms with van der Waals surface area (Å²) >= 11 is 3.31. The molecule has 0 amide bonds. The molecule has 0 spiro atoms. The van der Waals surface area contributed by atoms with Gasteiger partial charge in [0.1, 0.15) is 10.9 Å². The van der Waals surface area contributed by atoms with Crippen LogP contribution in [0.25, 0.3) is 11.3 Å². The van der Waals surface area contributed by atoms with Gasteiger partial charge in [0.15, 0.2) is 0 Å². The number of hydrogen-bond acceptors (Lipinski definition) is 3. The van der Waals surface area contributed by atoms with Gasteiger partial charge in [-0.3, -0.25) is 4.98 Å². The molecule has 0 aliphatic rings. The average Bonchev–Trinajstić information content (AvgIpc) is 2.18. The molecule has 2 aromatic heterocycles. The number of hydrogen-bond donors (Lipinski definition) is 0. The molecule has 70 valence electrons. The quantitative estimate of drug-likeness (QED) is 0.730. The maximum atomic E-state index is 4.18. The molecule has 0 N–H and O–H groups in total. The van der Waals surface area contributed by atoms with E-state index in [9.17, 15) is 0 Å². The molecule has 0 atom stereocenters. The Labute approximate surface area is 90.4 Å². The van der Waals surface area contributed by atoms with Gasteiger partial charge >= 0.3 is 0 Å². The smallest absolute Gasteiger partial charge is 0.117 e. The van der Waals surface area contributed by atoms with Crippen molar-refractivity contribution in [1.29, 1.82) is 0 Å². The Morgan fingerprint density at radius 3 is 2.71 bits per heavy atom. The van der Waals surface area contributed by atoms with Gasteiger partial charge in [0.25, 0.3) is 0 Å². The summed E-state index contributed by atoms with van der Waals surface area (Å²) in [6, 6.07) is 5.81. The molecule has 2 rings (SSSR count). The molecule has 2 heterocycles. The van der Waals surface area contributed by atoms with E-state index in [0.717, 1.165) is 21.6 Å². The fraction of sp³-hybridized carbons (Fsp3) is 0.100. The number of aryl methyl sites for hydroxylation is 1. The van der Waals surface area contributed by atoms with Gasteiger partial charge in [0, 0.05) is 17.5 Å². The Bertz CT molecular complexity index is 413. The van der Waals surface area contributed by atoms with Gasteiger partial charge in [-0.25, -0.2) is 9.97 Å². The van der Waals surface area contributed by atoms with Crippen molar-refractivity contribution in [3.8, 4) is 11.3 Å². The van der Waals surface area contributed by atoms with Gasteiger partial charge in [-0.1, -0.05) is 0 Å². The van der Waals surface area contributed by atoms with Gasteiger partial charge in [0.05, 0.1) is 5.69 Å². The van der Waals surface area contributed by atoms with E-state index in [1.807, 2.05) is 25.1 Å². The molecule has 0 aliphatic heterocycles. The number of rotatable bonds is 1. The Kier molecular flexibility index (Phi) is 2.54. The van der Waals surface area contributed by atoms with Crippen molar-refractivity contribution in [2.75, 3.05) is 0 Å². The maximum Gasteiger partial charge on any atom is 0.117 e. The largest absolute Gasteiger partial charge is 0.262 e. The van der Waals surface area contributed by atoms with Crippen molar-refractivity contribution in [1.82, 2.24) is 15.0 Å². The Balaban J connectivity index is 2.49. The molecule has 0 bridgehead atoms. The lowest BCUT2D eigenvalue weighted by molar-refractivity contribution is 1.13. The molecule has 0 saturated heterocycles. The topological polar surface area (TPSA) is 38.7 Å². The highest BCUT2D eigenvalue weighted by Gasteiger charge is 2.00. The molecule has 0 aromatic carbocycles. The second-order valence-corrected chi connectivity index (χ2v) is 3.72. The van der Waals surface area contributed by atoms with Crippen molar-refractivity contribution in [3.05, 3.63) is 41.0 Å². The lowest BCUT2D eigenvalue weighted by Crippen LogP contribution is -1.87. The summed E-state index contributed by atoms with van der Waals surface area (Å²) in [5.74, 6) is 0. The molecule has 0 radical (unpaired) electrons. The van der Waals surface area contributed by atoms with Crippen LogP contribution in [0.5, 0.6) is 0 Å². The first-order chi connectivity index (χ1) is 6.75. The minimum absolute atomic E-state index is 0.789. The van der Waals surface area contributed by atoms with E-state index in [1.165, 1.54) is 6.33 Å². The molecule has 0 unspecified atom stereocenters. The average molecular weight is 250 g/mol. The minimum atomic E-state index is 0.789. The summed E-state index contributed by atoms with van der Waals surface area (Å²) < 4.78 is 0.789. The van der Waals surface area contributed by atoms with Crippen molar-refractivity contribution in [2.45, 2.75) is 6.92 Å². The molecular formula is C10H8BrN3. The summed E-state index contributed by atoms with van der Waals surface area (Å²) in [5, 5.41) is 0. The lowest BCUT2D eigenvalue weighted by atomic mass is 10.2. The molecule has 0 saturated carbocycles. The van der Waals surface area contributed by atoms with Crippen molar-refractivity contribution >= 4 is 15.9 Å². The van der Waals surface area contributed by atoms with Crippen LogP contribution in [0.1, 0.15) is 5.69 Å². The van der Waals surface area contributed by atoms with Crippen LogP contribution in [0.3, 0.4) is 0 Å². The van der Waals surface area contributed by atoms with E-state index in [2.05, 4.69) is 30.9 Å². The first-order valence-corrected chi connectivity index (χ1v) is 4.95. The number of pyridine rings is 1. The number of aromatic nitrogens is 3. The fourth-order valence-electron chi connectivity index (χ4n) is 1.20. The van der Waals surface area contributed by atoms with Gasteiger partial charge in [0.2, 0.25) is 0 Å². The summed E-state index contributed by atoms with van der Waals surface area (Å²) in [7, 11) is 0. The van der Waals surface area contributed by atoms with Crippen LogP contribution in [0.15, 0.2) is 35.3 Å². The number of halogens is 1. The standard InChI is InChI=1S/C10H8BrN3/c1-7-4-8(2-3-12-7)9-5-10(11)14-6-13-9/h2-6H,1H3. The van der Waals surface area contributed by atoms with Crippen LogP contribution in [0, 0.1) is 6.92 Å². The first kappa shape index (κ1) is 9.27. The molecular weight excluding hydrogens is 242 g/mol. The second-order valence-electron chi connectivity index (χ2n) is 2.91. The zero-order valence-corrected chi connectivity index (χ0v) is 9.19. The predicted molar refractivity (Wildman–Crippen MR) is 57.7 cm³/mol. The van der Waals surface area contributed by atoms with Crippen LogP contribution >= 0.6 is 15.9 Å². The molecule has 0 fully saturated rings. The van der Waals surface area contributed by atoms with Crippen molar-refractivity contribution < 1.29 is 0 Å². The Hall–Kier alpha value is -1.29. The van der Waals surface area contributed by atoms with Crippen LogP contribution < -0.4 is 0 Å². The number of nitrogens with zero attached hydrogens (tertiary/aromatic N) is 3. The van der Waals surface area contributed by atoms with Gasteiger partial charge in [-0.05, 0) is 41.1 Å². The van der Waals surface area contributed by atoms with E-state index in [4.69, 9.17) is 0 Å². The molecule has 3 nitrogen and oxygen atoms in total. The normalized spacial score (nSPS) is 10.1. The van der Waals surface area contributed by atoms with E-state index in [-0.39, 0.29) is 0 Å². The van der Waals surface area contributed by atoms with E-state index in [1.54, 1.807) is 6.20 Å². The van der Waals surface area contributed by atoms with Gasteiger partial charge in [-0.2, -0.15) is 0 Å².